The highest BCUT2D eigenvalue weighted by atomic mass is 16.2. The van der Waals surface area contributed by atoms with Crippen LogP contribution in [0.1, 0.15) is 31.4 Å². The third-order valence-electron chi connectivity index (χ3n) is 4.33. The van der Waals surface area contributed by atoms with Gasteiger partial charge in [-0.1, -0.05) is 6.07 Å². The SMILES string of the molecule is CC(NC(=O)C1(n2cccn2)CCNCC1)c1cccnc1. The lowest BCUT2D eigenvalue weighted by Crippen LogP contribution is -2.55. The molecule has 2 aromatic heterocycles. The van der Waals surface area contributed by atoms with Crippen molar-refractivity contribution in [1.82, 2.24) is 25.4 Å². The molecule has 1 fully saturated rings. The van der Waals surface area contributed by atoms with Gasteiger partial charge in [0.25, 0.3) is 0 Å². The van der Waals surface area contributed by atoms with Gasteiger partial charge in [0.2, 0.25) is 5.91 Å². The van der Waals surface area contributed by atoms with Crippen LogP contribution < -0.4 is 10.6 Å². The third kappa shape index (κ3) is 2.74. The van der Waals surface area contributed by atoms with E-state index in [9.17, 15) is 4.79 Å². The van der Waals surface area contributed by atoms with E-state index in [1.165, 1.54) is 0 Å². The molecule has 1 aliphatic rings. The molecule has 0 radical (unpaired) electrons. The molecule has 1 unspecified atom stereocenters. The highest BCUT2D eigenvalue weighted by molar-refractivity contribution is 5.85. The summed E-state index contributed by atoms with van der Waals surface area (Å²) in [6.07, 6.45) is 8.59. The first kappa shape index (κ1) is 14.7. The maximum absolute atomic E-state index is 13.0. The predicted molar refractivity (Wildman–Crippen MR) is 83.1 cm³/mol. The van der Waals surface area contributed by atoms with Crippen LogP contribution in [0.5, 0.6) is 0 Å². The Morgan fingerprint density at radius 3 is 2.82 bits per heavy atom. The summed E-state index contributed by atoms with van der Waals surface area (Å²) in [6, 6.07) is 5.64. The van der Waals surface area contributed by atoms with Crippen LogP contribution in [0.3, 0.4) is 0 Å². The fourth-order valence-electron chi connectivity index (χ4n) is 2.97. The second-order valence-corrected chi connectivity index (χ2v) is 5.71. The molecule has 1 amide bonds. The second-order valence-electron chi connectivity index (χ2n) is 5.71. The van der Waals surface area contributed by atoms with E-state index in [0.717, 1.165) is 31.5 Å². The number of amides is 1. The van der Waals surface area contributed by atoms with Crippen molar-refractivity contribution in [2.45, 2.75) is 31.3 Å². The summed E-state index contributed by atoms with van der Waals surface area (Å²) in [4.78, 5) is 17.1. The van der Waals surface area contributed by atoms with Gasteiger partial charge in [-0.25, -0.2) is 0 Å². The van der Waals surface area contributed by atoms with Crippen molar-refractivity contribution in [3.8, 4) is 0 Å². The molecular formula is C16H21N5O. The van der Waals surface area contributed by atoms with Crippen molar-refractivity contribution in [3.63, 3.8) is 0 Å². The number of carbonyl (C=O) groups is 1. The fraction of sp³-hybridized carbons (Fsp3) is 0.438. The second kappa shape index (κ2) is 6.27. The van der Waals surface area contributed by atoms with Crippen LogP contribution in [0.15, 0.2) is 43.0 Å². The Labute approximate surface area is 129 Å². The molecule has 116 valence electrons. The van der Waals surface area contributed by atoms with Crippen LogP contribution in [0, 0.1) is 0 Å². The topological polar surface area (TPSA) is 71.8 Å². The molecule has 6 heteroatoms. The Morgan fingerprint density at radius 1 is 1.36 bits per heavy atom. The standard InChI is InChI=1S/C16H21N5O/c1-13(14-4-2-7-18-12-14)20-15(22)16(5-9-17-10-6-16)21-11-3-8-19-21/h2-4,7-8,11-13,17H,5-6,9-10H2,1H3,(H,20,22). The fourth-order valence-corrected chi connectivity index (χ4v) is 2.97. The third-order valence-corrected chi connectivity index (χ3v) is 4.33. The maximum Gasteiger partial charge on any atom is 0.248 e. The Morgan fingerprint density at radius 2 is 2.18 bits per heavy atom. The molecule has 22 heavy (non-hydrogen) atoms. The average Bonchev–Trinajstić information content (AvgIpc) is 3.11. The van der Waals surface area contributed by atoms with E-state index in [2.05, 4.69) is 20.7 Å². The molecule has 0 aliphatic carbocycles. The van der Waals surface area contributed by atoms with E-state index in [1.54, 1.807) is 23.3 Å². The molecular weight excluding hydrogens is 278 g/mol. The highest BCUT2D eigenvalue weighted by Crippen LogP contribution is 2.28. The smallest absolute Gasteiger partial charge is 0.248 e. The maximum atomic E-state index is 13.0. The first-order valence-corrected chi connectivity index (χ1v) is 7.64. The van der Waals surface area contributed by atoms with Crippen LogP contribution in [-0.2, 0) is 10.3 Å². The van der Waals surface area contributed by atoms with Crippen molar-refractivity contribution in [2.75, 3.05) is 13.1 Å². The zero-order valence-corrected chi connectivity index (χ0v) is 12.7. The molecule has 0 spiro atoms. The van der Waals surface area contributed by atoms with Gasteiger partial charge in [0.1, 0.15) is 5.54 Å². The lowest BCUT2D eigenvalue weighted by molar-refractivity contribution is -0.132. The molecule has 2 aromatic rings. The number of hydrogen-bond donors (Lipinski definition) is 2. The number of hydrogen-bond acceptors (Lipinski definition) is 4. The summed E-state index contributed by atoms with van der Waals surface area (Å²) < 4.78 is 1.80. The van der Waals surface area contributed by atoms with Crippen LogP contribution in [-0.4, -0.2) is 33.8 Å². The van der Waals surface area contributed by atoms with E-state index in [1.807, 2.05) is 31.3 Å². The predicted octanol–water partition coefficient (Wildman–Crippen LogP) is 1.23. The Kier molecular flexibility index (Phi) is 4.20. The highest BCUT2D eigenvalue weighted by Gasteiger charge is 2.42. The number of nitrogens with zero attached hydrogens (tertiary/aromatic N) is 3. The van der Waals surface area contributed by atoms with Crippen molar-refractivity contribution >= 4 is 5.91 Å². The molecule has 1 aliphatic heterocycles. The van der Waals surface area contributed by atoms with E-state index in [0.29, 0.717) is 0 Å². The van der Waals surface area contributed by atoms with Gasteiger partial charge in [-0.2, -0.15) is 5.10 Å². The molecule has 1 saturated heterocycles. The number of nitrogens with one attached hydrogen (secondary N) is 2. The molecule has 0 bridgehead atoms. The van der Waals surface area contributed by atoms with Crippen LogP contribution >= 0.6 is 0 Å². The normalized spacial score (nSPS) is 18.6. The zero-order chi connectivity index (χ0) is 15.4. The monoisotopic (exact) mass is 299 g/mol. The lowest BCUT2D eigenvalue weighted by atomic mass is 9.87. The molecule has 6 nitrogen and oxygen atoms in total. The van der Waals surface area contributed by atoms with Gasteiger partial charge in [-0.15, -0.1) is 0 Å². The van der Waals surface area contributed by atoms with E-state index >= 15 is 0 Å². The Bertz CT molecular complexity index is 605. The van der Waals surface area contributed by atoms with E-state index in [-0.39, 0.29) is 11.9 Å². The average molecular weight is 299 g/mol. The quantitative estimate of drug-likeness (QED) is 0.891. The lowest BCUT2D eigenvalue weighted by Gasteiger charge is -2.37. The summed E-state index contributed by atoms with van der Waals surface area (Å²) in [7, 11) is 0. The molecule has 3 heterocycles. The van der Waals surface area contributed by atoms with E-state index in [4.69, 9.17) is 0 Å². The van der Waals surface area contributed by atoms with Crippen LogP contribution in [0.25, 0.3) is 0 Å². The summed E-state index contributed by atoms with van der Waals surface area (Å²) in [6.45, 7) is 3.61. The molecule has 3 rings (SSSR count). The summed E-state index contributed by atoms with van der Waals surface area (Å²) >= 11 is 0. The summed E-state index contributed by atoms with van der Waals surface area (Å²) in [5.74, 6) is 0.0223. The molecule has 1 atom stereocenters. The largest absolute Gasteiger partial charge is 0.347 e. The summed E-state index contributed by atoms with van der Waals surface area (Å²) in [5.41, 5.74) is 0.394. The van der Waals surface area contributed by atoms with Crippen molar-refractivity contribution in [3.05, 3.63) is 48.5 Å². The van der Waals surface area contributed by atoms with Crippen molar-refractivity contribution < 1.29 is 4.79 Å². The van der Waals surface area contributed by atoms with Gasteiger partial charge < -0.3 is 10.6 Å². The van der Waals surface area contributed by atoms with Gasteiger partial charge in [-0.3, -0.25) is 14.5 Å². The van der Waals surface area contributed by atoms with Gasteiger partial charge in [-0.05, 0) is 50.6 Å². The van der Waals surface area contributed by atoms with Crippen molar-refractivity contribution in [2.24, 2.45) is 0 Å². The first-order chi connectivity index (χ1) is 10.7. The number of rotatable bonds is 4. The zero-order valence-electron chi connectivity index (χ0n) is 12.7. The molecule has 0 saturated carbocycles. The van der Waals surface area contributed by atoms with Crippen molar-refractivity contribution in [1.29, 1.82) is 0 Å². The van der Waals surface area contributed by atoms with Gasteiger partial charge >= 0.3 is 0 Å². The minimum atomic E-state index is -0.606. The van der Waals surface area contributed by atoms with Gasteiger partial charge in [0.15, 0.2) is 0 Å². The van der Waals surface area contributed by atoms with Crippen LogP contribution in [0.4, 0.5) is 0 Å². The molecule has 2 N–H and O–H groups in total. The van der Waals surface area contributed by atoms with Gasteiger partial charge in [0.05, 0.1) is 6.04 Å². The van der Waals surface area contributed by atoms with Crippen LogP contribution in [0.2, 0.25) is 0 Å². The molecule has 0 aromatic carbocycles. The van der Waals surface area contributed by atoms with E-state index < -0.39 is 5.54 Å². The Balaban J connectivity index is 1.81. The number of carbonyl (C=O) groups excluding carboxylic acids is 1. The number of aromatic nitrogens is 3. The number of piperidine rings is 1. The van der Waals surface area contributed by atoms with Gasteiger partial charge in [0, 0.05) is 24.8 Å². The minimum absolute atomic E-state index is 0.0223. The minimum Gasteiger partial charge on any atom is -0.347 e. The first-order valence-electron chi connectivity index (χ1n) is 7.64. The Hall–Kier alpha value is -2.21. The number of pyridine rings is 1. The summed E-state index contributed by atoms with van der Waals surface area (Å²) in [5, 5.41) is 10.8.